The number of aromatic amines is 1. The van der Waals surface area contributed by atoms with E-state index in [1.54, 1.807) is 19.1 Å². The van der Waals surface area contributed by atoms with Crippen LogP contribution in [0.25, 0.3) is 16.5 Å². The lowest BCUT2D eigenvalue weighted by atomic mass is 10.1. The summed E-state index contributed by atoms with van der Waals surface area (Å²) >= 11 is 0. The summed E-state index contributed by atoms with van der Waals surface area (Å²) in [5.41, 5.74) is 0.905. The van der Waals surface area contributed by atoms with Gasteiger partial charge in [-0.25, -0.2) is 4.68 Å². The standard InChI is InChI=1S/C21H19N5O7S/c1-11-3-5-13(6-4-11)25-21(28)19(12(2)24-25)22-23-20-15-8-7-14(26(29)30)9-16(15)18(10-17(20)27)34(31,32)33/h3-10,24,27,31-33H,1-2H3. The van der Waals surface area contributed by atoms with E-state index >= 15 is 0 Å². The molecule has 4 rings (SSSR count). The summed E-state index contributed by atoms with van der Waals surface area (Å²) in [6.07, 6.45) is 0. The highest BCUT2D eigenvalue weighted by Crippen LogP contribution is 2.52. The second-order valence-electron chi connectivity index (χ2n) is 7.51. The number of nitrogens with one attached hydrogen (secondary N) is 1. The first kappa shape index (κ1) is 23.1. The van der Waals surface area contributed by atoms with Crippen LogP contribution in [-0.2, 0) is 0 Å². The Kier molecular flexibility index (Phi) is 5.70. The van der Waals surface area contributed by atoms with Crippen LogP contribution in [0.3, 0.4) is 0 Å². The van der Waals surface area contributed by atoms with Crippen LogP contribution >= 0.6 is 10.9 Å². The average Bonchev–Trinajstić information content (AvgIpc) is 3.05. The van der Waals surface area contributed by atoms with Crippen LogP contribution in [0, 0.1) is 24.0 Å². The summed E-state index contributed by atoms with van der Waals surface area (Å²) in [6.45, 7) is 3.53. The third-order valence-corrected chi connectivity index (χ3v) is 6.05. The molecule has 0 amide bonds. The Morgan fingerprint density at radius 2 is 1.62 bits per heavy atom. The number of fused-ring (bicyclic) bond motifs is 1. The van der Waals surface area contributed by atoms with Gasteiger partial charge in [-0.3, -0.25) is 20.0 Å². The fourth-order valence-electron chi connectivity index (χ4n) is 3.43. The number of azo groups is 1. The molecule has 4 aromatic rings. The number of hydrogen-bond donors (Lipinski definition) is 5. The third-order valence-electron chi connectivity index (χ3n) is 5.12. The molecular formula is C21H19N5O7S. The van der Waals surface area contributed by atoms with Crippen molar-refractivity contribution in [1.29, 1.82) is 0 Å². The number of non-ortho nitro benzene ring substituents is 1. The van der Waals surface area contributed by atoms with Gasteiger partial charge in [-0.05, 0) is 32.0 Å². The summed E-state index contributed by atoms with van der Waals surface area (Å²) in [4.78, 5) is 22.9. The maximum absolute atomic E-state index is 12.9. The van der Waals surface area contributed by atoms with Gasteiger partial charge in [0, 0.05) is 29.0 Å². The van der Waals surface area contributed by atoms with Gasteiger partial charge < -0.3 is 18.8 Å². The largest absolute Gasteiger partial charge is 0.506 e. The van der Waals surface area contributed by atoms with Crippen LogP contribution in [0.15, 0.2) is 68.4 Å². The summed E-state index contributed by atoms with van der Waals surface area (Å²) < 4.78 is 30.5. The van der Waals surface area contributed by atoms with Gasteiger partial charge >= 0.3 is 0 Å². The molecule has 5 N–H and O–H groups in total. The van der Waals surface area contributed by atoms with Crippen molar-refractivity contribution in [2.24, 2.45) is 10.2 Å². The molecule has 0 fully saturated rings. The smallest absolute Gasteiger partial charge is 0.299 e. The van der Waals surface area contributed by atoms with Gasteiger partial charge in [-0.2, -0.15) is 0 Å². The van der Waals surface area contributed by atoms with Gasteiger partial charge in [-0.1, -0.05) is 17.7 Å². The zero-order valence-corrected chi connectivity index (χ0v) is 18.6. The molecule has 0 saturated carbocycles. The number of phenols is 1. The third kappa shape index (κ3) is 4.15. The van der Waals surface area contributed by atoms with Crippen molar-refractivity contribution in [2.45, 2.75) is 18.7 Å². The zero-order chi connectivity index (χ0) is 24.8. The number of H-pyrrole nitrogens is 1. The minimum absolute atomic E-state index is 0.0365. The van der Waals surface area contributed by atoms with Crippen molar-refractivity contribution in [3.63, 3.8) is 0 Å². The Morgan fingerprint density at radius 3 is 2.24 bits per heavy atom. The number of hydrogen-bond acceptors (Lipinski definition) is 9. The fourth-order valence-corrected chi connectivity index (χ4v) is 4.16. The van der Waals surface area contributed by atoms with Crippen LogP contribution in [0.2, 0.25) is 0 Å². The van der Waals surface area contributed by atoms with Gasteiger partial charge in [-0.15, -0.1) is 10.2 Å². The lowest BCUT2D eigenvalue weighted by Gasteiger charge is -2.22. The number of nitro benzene ring substituents is 1. The molecule has 0 radical (unpaired) electrons. The molecule has 0 spiro atoms. The van der Waals surface area contributed by atoms with E-state index in [0.717, 1.165) is 23.8 Å². The fraction of sp³-hybridized carbons (Fsp3) is 0.0952. The molecular weight excluding hydrogens is 466 g/mol. The number of nitro groups is 1. The first-order chi connectivity index (χ1) is 16.0. The Balaban J connectivity index is 1.87. The molecule has 0 atom stereocenters. The maximum Gasteiger partial charge on any atom is 0.299 e. The number of aryl methyl sites for hydroxylation is 2. The monoisotopic (exact) mass is 485 g/mol. The second kappa shape index (κ2) is 8.39. The topological polar surface area (TPSA) is 187 Å². The molecule has 0 aliphatic heterocycles. The van der Waals surface area contributed by atoms with E-state index in [9.17, 15) is 33.7 Å². The van der Waals surface area contributed by atoms with Gasteiger partial charge in [0.1, 0.15) is 22.3 Å². The summed E-state index contributed by atoms with van der Waals surface area (Å²) in [5.74, 6) is -0.582. The molecule has 0 unspecified atom stereocenters. The second-order valence-corrected chi connectivity index (χ2v) is 8.99. The molecule has 1 heterocycles. The highest BCUT2D eigenvalue weighted by atomic mass is 32.3. The van der Waals surface area contributed by atoms with Gasteiger partial charge in [0.25, 0.3) is 11.2 Å². The van der Waals surface area contributed by atoms with Gasteiger partial charge in [0.15, 0.2) is 5.69 Å². The number of aromatic hydroxyl groups is 1. The highest BCUT2D eigenvalue weighted by molar-refractivity contribution is 8.19. The molecule has 0 saturated heterocycles. The van der Waals surface area contributed by atoms with Gasteiger partial charge in [0.2, 0.25) is 0 Å². The predicted octanol–water partition coefficient (Wildman–Crippen LogP) is 5.55. The molecule has 34 heavy (non-hydrogen) atoms. The minimum atomic E-state index is -4.34. The molecule has 176 valence electrons. The van der Waals surface area contributed by atoms with E-state index in [4.69, 9.17) is 0 Å². The van der Waals surface area contributed by atoms with E-state index in [-0.39, 0.29) is 27.8 Å². The molecule has 0 aliphatic rings. The van der Waals surface area contributed by atoms with E-state index in [1.807, 2.05) is 19.1 Å². The number of phenolic OH excluding ortho intramolecular Hbond substituents is 1. The average molecular weight is 485 g/mol. The van der Waals surface area contributed by atoms with Crippen molar-refractivity contribution < 1.29 is 23.7 Å². The Hall–Kier alpha value is -4.04. The molecule has 1 aromatic heterocycles. The molecule has 0 bridgehead atoms. The van der Waals surface area contributed by atoms with Crippen LogP contribution < -0.4 is 5.56 Å². The van der Waals surface area contributed by atoms with E-state index < -0.39 is 32.0 Å². The molecule has 3 aromatic carbocycles. The van der Waals surface area contributed by atoms with E-state index in [0.29, 0.717) is 11.4 Å². The SMILES string of the molecule is Cc1ccc(-n2[nH]c(C)c(N=Nc3c(O)cc(S(O)(O)O)c4cc([N+](=O)[O-])ccc34)c2=O)cc1. The van der Waals surface area contributed by atoms with E-state index in [2.05, 4.69) is 15.3 Å². The highest BCUT2D eigenvalue weighted by Gasteiger charge is 2.25. The number of benzene rings is 3. The van der Waals surface area contributed by atoms with Crippen LogP contribution in [0.4, 0.5) is 17.1 Å². The summed E-state index contributed by atoms with van der Waals surface area (Å²) in [6, 6.07) is 11.4. The quantitative estimate of drug-likeness (QED) is 0.139. The normalized spacial score (nSPS) is 12.5. The number of rotatable bonds is 5. The Morgan fingerprint density at radius 1 is 0.971 bits per heavy atom. The summed E-state index contributed by atoms with van der Waals surface area (Å²) in [7, 11) is -4.34. The molecule has 0 aliphatic carbocycles. The first-order valence-corrected chi connectivity index (χ1v) is 11.2. The minimum Gasteiger partial charge on any atom is -0.506 e. The Bertz CT molecular complexity index is 1520. The van der Waals surface area contributed by atoms with Crippen LogP contribution in [-0.4, -0.2) is 33.5 Å². The molecule has 12 nitrogen and oxygen atoms in total. The predicted molar refractivity (Wildman–Crippen MR) is 126 cm³/mol. The lowest BCUT2D eigenvalue weighted by molar-refractivity contribution is -0.384. The van der Waals surface area contributed by atoms with E-state index in [1.165, 1.54) is 10.7 Å². The zero-order valence-electron chi connectivity index (χ0n) is 17.8. The maximum atomic E-state index is 12.9. The molecule has 13 heteroatoms. The first-order valence-electron chi connectivity index (χ1n) is 9.72. The van der Waals surface area contributed by atoms with Gasteiger partial charge in [0.05, 0.1) is 21.2 Å². The summed E-state index contributed by atoms with van der Waals surface area (Å²) in [5, 5.41) is 32.4. The van der Waals surface area contributed by atoms with Crippen molar-refractivity contribution in [1.82, 2.24) is 9.78 Å². The van der Waals surface area contributed by atoms with Crippen LogP contribution in [0.5, 0.6) is 5.75 Å². The van der Waals surface area contributed by atoms with Crippen molar-refractivity contribution in [3.05, 3.63) is 80.3 Å². The van der Waals surface area contributed by atoms with Crippen molar-refractivity contribution in [2.75, 3.05) is 0 Å². The number of nitrogens with zero attached hydrogens (tertiary/aromatic N) is 4. The number of aromatic nitrogens is 2. The van der Waals surface area contributed by atoms with Crippen molar-refractivity contribution >= 4 is 38.7 Å². The van der Waals surface area contributed by atoms with Crippen molar-refractivity contribution in [3.8, 4) is 11.4 Å². The lowest BCUT2D eigenvalue weighted by Crippen LogP contribution is -2.13. The Labute approximate surface area is 193 Å². The van der Waals surface area contributed by atoms with Crippen LogP contribution in [0.1, 0.15) is 11.3 Å².